The fourth-order valence-corrected chi connectivity index (χ4v) is 3.05. The molecule has 1 aromatic heterocycles. The zero-order chi connectivity index (χ0) is 13.1. The van der Waals surface area contributed by atoms with Crippen LogP contribution in [0.5, 0.6) is 0 Å². The van der Waals surface area contributed by atoms with E-state index < -0.39 is 0 Å². The molecule has 1 unspecified atom stereocenters. The van der Waals surface area contributed by atoms with Gasteiger partial charge in [-0.15, -0.1) is 0 Å². The van der Waals surface area contributed by atoms with Crippen LogP contribution in [0.15, 0.2) is 10.8 Å². The van der Waals surface area contributed by atoms with E-state index in [9.17, 15) is 0 Å². The Kier molecular flexibility index (Phi) is 4.43. The number of aromatic nitrogens is 2. The Labute approximate surface area is 117 Å². The summed E-state index contributed by atoms with van der Waals surface area (Å²) in [6.07, 6.45) is 5.31. The molecule has 0 bridgehead atoms. The molecule has 100 valence electrons. The molecule has 0 saturated carbocycles. The van der Waals surface area contributed by atoms with Gasteiger partial charge >= 0.3 is 0 Å². The third-order valence-corrected chi connectivity index (χ3v) is 4.57. The third kappa shape index (κ3) is 2.94. The fourth-order valence-electron chi connectivity index (χ4n) is 2.59. The Morgan fingerprint density at radius 3 is 2.83 bits per heavy atom. The first kappa shape index (κ1) is 13.6. The first-order chi connectivity index (χ1) is 8.59. The van der Waals surface area contributed by atoms with Crippen molar-refractivity contribution in [2.75, 3.05) is 23.7 Å². The van der Waals surface area contributed by atoms with E-state index in [1.165, 1.54) is 19.3 Å². The van der Waals surface area contributed by atoms with Crippen molar-refractivity contribution in [2.24, 2.45) is 11.8 Å². The first-order valence-electron chi connectivity index (χ1n) is 6.60. The van der Waals surface area contributed by atoms with Crippen molar-refractivity contribution < 1.29 is 0 Å². The predicted molar refractivity (Wildman–Crippen MR) is 78.5 cm³/mol. The summed E-state index contributed by atoms with van der Waals surface area (Å²) < 4.78 is 0.827. The van der Waals surface area contributed by atoms with Crippen molar-refractivity contribution in [3.8, 4) is 0 Å². The van der Waals surface area contributed by atoms with Crippen molar-refractivity contribution in [1.82, 2.24) is 9.97 Å². The maximum Gasteiger partial charge on any atom is 0.148 e. The highest BCUT2D eigenvalue weighted by atomic mass is 79.9. The standard InChI is InChI=1S/C13H21BrN4/c1-9(2)10-4-3-6-18(7-5-10)13-11(14)12(15)16-8-17-13/h8-10H,3-7H2,1-2H3,(H2,15,16,17). The summed E-state index contributed by atoms with van der Waals surface area (Å²) in [6, 6.07) is 0. The highest BCUT2D eigenvalue weighted by Gasteiger charge is 2.22. The number of halogens is 1. The van der Waals surface area contributed by atoms with Gasteiger partial charge in [-0.25, -0.2) is 9.97 Å². The zero-order valence-corrected chi connectivity index (χ0v) is 12.7. The van der Waals surface area contributed by atoms with Crippen LogP contribution >= 0.6 is 15.9 Å². The van der Waals surface area contributed by atoms with Gasteiger partial charge in [0.1, 0.15) is 22.4 Å². The summed E-state index contributed by atoms with van der Waals surface area (Å²) >= 11 is 3.49. The second-order valence-electron chi connectivity index (χ2n) is 5.32. The monoisotopic (exact) mass is 312 g/mol. The fraction of sp³-hybridized carbons (Fsp3) is 0.692. The molecule has 1 aliphatic heterocycles. The maximum atomic E-state index is 5.82. The first-order valence-corrected chi connectivity index (χ1v) is 7.39. The summed E-state index contributed by atoms with van der Waals surface area (Å²) in [5.74, 6) is 3.05. The number of rotatable bonds is 2. The Balaban J connectivity index is 2.12. The minimum absolute atomic E-state index is 0.518. The molecule has 0 aliphatic carbocycles. The van der Waals surface area contributed by atoms with Crippen molar-refractivity contribution >= 4 is 27.6 Å². The minimum atomic E-state index is 0.518. The van der Waals surface area contributed by atoms with E-state index >= 15 is 0 Å². The zero-order valence-electron chi connectivity index (χ0n) is 11.1. The molecular formula is C13H21BrN4. The van der Waals surface area contributed by atoms with E-state index in [1.54, 1.807) is 6.33 Å². The van der Waals surface area contributed by atoms with E-state index in [0.717, 1.165) is 35.2 Å². The highest BCUT2D eigenvalue weighted by Crippen LogP contribution is 2.31. The van der Waals surface area contributed by atoms with Gasteiger partial charge < -0.3 is 10.6 Å². The van der Waals surface area contributed by atoms with Crippen molar-refractivity contribution in [3.05, 3.63) is 10.8 Å². The largest absolute Gasteiger partial charge is 0.383 e. The number of nitrogens with zero attached hydrogens (tertiary/aromatic N) is 3. The van der Waals surface area contributed by atoms with Crippen LogP contribution in [0.25, 0.3) is 0 Å². The smallest absolute Gasteiger partial charge is 0.148 e. The lowest BCUT2D eigenvalue weighted by Crippen LogP contribution is -2.26. The SMILES string of the molecule is CC(C)C1CCCN(c2ncnc(N)c2Br)CC1. The van der Waals surface area contributed by atoms with Crippen LogP contribution in [0.2, 0.25) is 0 Å². The number of anilines is 2. The van der Waals surface area contributed by atoms with Crippen LogP contribution in [-0.4, -0.2) is 23.1 Å². The van der Waals surface area contributed by atoms with Gasteiger partial charge in [-0.05, 0) is 47.0 Å². The average molecular weight is 313 g/mol. The lowest BCUT2D eigenvalue weighted by atomic mass is 9.89. The lowest BCUT2D eigenvalue weighted by Gasteiger charge is -2.23. The summed E-state index contributed by atoms with van der Waals surface area (Å²) in [5, 5.41) is 0. The van der Waals surface area contributed by atoms with Gasteiger partial charge in [0.05, 0.1) is 0 Å². The molecule has 1 atom stereocenters. The number of hydrogen-bond donors (Lipinski definition) is 1. The van der Waals surface area contributed by atoms with E-state index in [0.29, 0.717) is 5.82 Å². The van der Waals surface area contributed by atoms with Gasteiger partial charge in [0, 0.05) is 13.1 Å². The van der Waals surface area contributed by atoms with E-state index in [4.69, 9.17) is 5.73 Å². The molecule has 1 aromatic rings. The molecule has 1 aliphatic rings. The molecular weight excluding hydrogens is 292 g/mol. The molecule has 2 heterocycles. The number of nitrogen functional groups attached to an aromatic ring is 1. The van der Waals surface area contributed by atoms with Gasteiger partial charge in [-0.1, -0.05) is 13.8 Å². The number of hydrogen-bond acceptors (Lipinski definition) is 4. The molecule has 1 fully saturated rings. The topological polar surface area (TPSA) is 55.0 Å². The van der Waals surface area contributed by atoms with E-state index in [1.807, 2.05) is 0 Å². The van der Waals surface area contributed by atoms with Crippen molar-refractivity contribution in [1.29, 1.82) is 0 Å². The Bertz CT molecular complexity index is 408. The van der Waals surface area contributed by atoms with Gasteiger partial charge in [-0.3, -0.25) is 0 Å². The van der Waals surface area contributed by atoms with Crippen LogP contribution < -0.4 is 10.6 Å². The molecule has 18 heavy (non-hydrogen) atoms. The molecule has 0 amide bonds. The van der Waals surface area contributed by atoms with Crippen LogP contribution in [0.3, 0.4) is 0 Å². The van der Waals surface area contributed by atoms with E-state index in [2.05, 4.69) is 44.6 Å². The van der Waals surface area contributed by atoms with Crippen LogP contribution in [0, 0.1) is 11.8 Å². The van der Waals surface area contributed by atoms with Crippen molar-refractivity contribution in [3.63, 3.8) is 0 Å². The maximum absolute atomic E-state index is 5.82. The quantitative estimate of drug-likeness (QED) is 0.911. The van der Waals surface area contributed by atoms with Gasteiger partial charge in [-0.2, -0.15) is 0 Å². The Hall–Kier alpha value is -0.840. The molecule has 2 rings (SSSR count). The van der Waals surface area contributed by atoms with E-state index in [-0.39, 0.29) is 0 Å². The molecule has 5 heteroatoms. The summed E-state index contributed by atoms with van der Waals surface area (Å²) in [4.78, 5) is 10.7. The predicted octanol–water partition coefficient (Wildman–Crippen LogP) is 3.08. The summed E-state index contributed by atoms with van der Waals surface area (Å²) in [5.41, 5.74) is 5.82. The average Bonchev–Trinajstić information content (AvgIpc) is 2.58. The Morgan fingerprint density at radius 1 is 1.33 bits per heavy atom. The normalized spacial score (nSPS) is 21.1. The lowest BCUT2D eigenvalue weighted by molar-refractivity contribution is 0.351. The third-order valence-electron chi connectivity index (χ3n) is 3.81. The minimum Gasteiger partial charge on any atom is -0.383 e. The highest BCUT2D eigenvalue weighted by molar-refractivity contribution is 9.10. The van der Waals surface area contributed by atoms with Gasteiger partial charge in [0.2, 0.25) is 0 Å². The second-order valence-corrected chi connectivity index (χ2v) is 6.11. The van der Waals surface area contributed by atoms with Gasteiger partial charge in [0.15, 0.2) is 0 Å². The van der Waals surface area contributed by atoms with Crippen LogP contribution in [0.1, 0.15) is 33.1 Å². The van der Waals surface area contributed by atoms with Crippen molar-refractivity contribution in [2.45, 2.75) is 33.1 Å². The molecule has 2 N–H and O–H groups in total. The molecule has 0 spiro atoms. The Morgan fingerprint density at radius 2 is 2.11 bits per heavy atom. The van der Waals surface area contributed by atoms with Crippen LogP contribution in [0.4, 0.5) is 11.6 Å². The summed E-state index contributed by atoms with van der Waals surface area (Å²) in [6.45, 7) is 6.74. The molecule has 1 saturated heterocycles. The van der Waals surface area contributed by atoms with Gasteiger partial charge in [0.25, 0.3) is 0 Å². The molecule has 4 nitrogen and oxygen atoms in total. The molecule has 0 radical (unpaired) electrons. The second kappa shape index (κ2) is 5.87. The summed E-state index contributed by atoms with van der Waals surface area (Å²) in [7, 11) is 0. The van der Waals surface area contributed by atoms with Crippen LogP contribution in [-0.2, 0) is 0 Å². The number of nitrogens with two attached hydrogens (primary N) is 1. The molecule has 0 aromatic carbocycles.